The molecule has 112 valence electrons. The van der Waals surface area contributed by atoms with Crippen molar-refractivity contribution in [2.45, 2.75) is 6.04 Å². The SMILES string of the molecule is CN(CC(=O)NC(CO)c1ccco1)C(=O)c1cccs1. The first-order valence-electron chi connectivity index (χ1n) is 6.34. The summed E-state index contributed by atoms with van der Waals surface area (Å²) in [6, 6.07) is 6.22. The third-order valence-electron chi connectivity index (χ3n) is 2.86. The summed E-state index contributed by atoms with van der Waals surface area (Å²) in [7, 11) is 1.56. The van der Waals surface area contributed by atoms with Crippen LogP contribution in [0.25, 0.3) is 0 Å². The van der Waals surface area contributed by atoms with Gasteiger partial charge in [-0.05, 0) is 23.6 Å². The molecule has 0 spiro atoms. The minimum Gasteiger partial charge on any atom is -0.467 e. The molecule has 2 heterocycles. The van der Waals surface area contributed by atoms with Gasteiger partial charge < -0.3 is 19.7 Å². The normalized spacial score (nSPS) is 11.9. The third kappa shape index (κ3) is 3.93. The van der Waals surface area contributed by atoms with Crippen LogP contribution in [0.1, 0.15) is 21.5 Å². The first-order chi connectivity index (χ1) is 10.1. The van der Waals surface area contributed by atoms with E-state index in [2.05, 4.69) is 5.32 Å². The molecule has 1 atom stereocenters. The van der Waals surface area contributed by atoms with E-state index in [9.17, 15) is 14.7 Å². The van der Waals surface area contributed by atoms with Crippen molar-refractivity contribution in [2.75, 3.05) is 20.2 Å². The zero-order valence-electron chi connectivity index (χ0n) is 11.5. The van der Waals surface area contributed by atoms with Crippen LogP contribution in [0.5, 0.6) is 0 Å². The molecule has 0 radical (unpaired) electrons. The lowest BCUT2D eigenvalue weighted by Gasteiger charge is -2.18. The summed E-state index contributed by atoms with van der Waals surface area (Å²) in [5.74, 6) is -0.102. The summed E-state index contributed by atoms with van der Waals surface area (Å²) in [6.45, 7) is -0.365. The van der Waals surface area contributed by atoms with Crippen molar-refractivity contribution in [1.82, 2.24) is 10.2 Å². The fourth-order valence-corrected chi connectivity index (χ4v) is 2.53. The number of hydrogen-bond donors (Lipinski definition) is 2. The highest BCUT2D eigenvalue weighted by molar-refractivity contribution is 7.12. The van der Waals surface area contributed by atoms with E-state index in [0.29, 0.717) is 10.6 Å². The number of carbonyl (C=O) groups is 2. The molecular formula is C14H16N2O4S. The molecule has 1 unspecified atom stereocenters. The zero-order chi connectivity index (χ0) is 15.2. The molecule has 21 heavy (non-hydrogen) atoms. The number of rotatable bonds is 6. The fourth-order valence-electron chi connectivity index (χ4n) is 1.81. The molecule has 2 N–H and O–H groups in total. The van der Waals surface area contributed by atoms with E-state index in [-0.39, 0.29) is 25.0 Å². The van der Waals surface area contributed by atoms with Crippen LogP contribution >= 0.6 is 11.3 Å². The van der Waals surface area contributed by atoms with Gasteiger partial charge in [0.2, 0.25) is 5.91 Å². The second kappa shape index (κ2) is 7.05. The van der Waals surface area contributed by atoms with Crippen LogP contribution in [0, 0.1) is 0 Å². The summed E-state index contributed by atoms with van der Waals surface area (Å²) in [4.78, 5) is 25.9. The first kappa shape index (κ1) is 15.3. The molecule has 0 saturated heterocycles. The minimum atomic E-state index is -0.613. The summed E-state index contributed by atoms with van der Waals surface area (Å²) >= 11 is 1.32. The number of amides is 2. The number of nitrogens with zero attached hydrogens (tertiary/aromatic N) is 1. The molecule has 0 bridgehead atoms. The second-order valence-corrected chi connectivity index (χ2v) is 5.40. The molecule has 2 aromatic heterocycles. The van der Waals surface area contributed by atoms with Gasteiger partial charge in [0.25, 0.3) is 5.91 Å². The van der Waals surface area contributed by atoms with Gasteiger partial charge in [0.05, 0.1) is 24.3 Å². The molecule has 0 aliphatic carbocycles. The zero-order valence-corrected chi connectivity index (χ0v) is 12.3. The Morgan fingerprint density at radius 3 is 2.81 bits per heavy atom. The summed E-state index contributed by atoms with van der Waals surface area (Å²) in [6.07, 6.45) is 1.47. The van der Waals surface area contributed by atoms with Crippen LogP contribution in [-0.4, -0.2) is 42.0 Å². The van der Waals surface area contributed by atoms with Crippen LogP contribution in [-0.2, 0) is 4.79 Å². The molecule has 7 heteroatoms. The molecule has 0 aliphatic rings. The van der Waals surface area contributed by atoms with Gasteiger partial charge in [0.1, 0.15) is 11.8 Å². The molecular weight excluding hydrogens is 292 g/mol. The molecule has 0 aliphatic heterocycles. The van der Waals surface area contributed by atoms with Crippen molar-refractivity contribution in [2.24, 2.45) is 0 Å². The number of likely N-dealkylation sites (N-methyl/N-ethyl adjacent to an activating group) is 1. The maximum Gasteiger partial charge on any atom is 0.264 e. The van der Waals surface area contributed by atoms with E-state index in [4.69, 9.17) is 4.42 Å². The van der Waals surface area contributed by atoms with Crippen molar-refractivity contribution in [1.29, 1.82) is 0 Å². The Balaban J connectivity index is 1.90. The predicted molar refractivity (Wildman–Crippen MR) is 78.0 cm³/mol. The number of carbonyl (C=O) groups excluding carboxylic acids is 2. The van der Waals surface area contributed by atoms with Crippen LogP contribution in [0.3, 0.4) is 0 Å². The molecule has 0 aromatic carbocycles. The lowest BCUT2D eigenvalue weighted by Crippen LogP contribution is -2.40. The van der Waals surface area contributed by atoms with Crippen molar-refractivity contribution >= 4 is 23.2 Å². The smallest absolute Gasteiger partial charge is 0.264 e. The number of hydrogen-bond acceptors (Lipinski definition) is 5. The van der Waals surface area contributed by atoms with E-state index in [0.717, 1.165) is 0 Å². The predicted octanol–water partition coefficient (Wildman–Crippen LogP) is 1.26. The largest absolute Gasteiger partial charge is 0.467 e. The third-order valence-corrected chi connectivity index (χ3v) is 3.72. The Bertz CT molecular complexity index is 580. The summed E-state index contributed by atoms with van der Waals surface area (Å²) in [5, 5.41) is 13.7. The molecule has 2 aromatic rings. The maximum absolute atomic E-state index is 12.0. The standard InChI is InChI=1S/C14H16N2O4S/c1-16(14(19)12-5-3-7-21-12)8-13(18)15-10(9-17)11-4-2-6-20-11/h2-7,10,17H,8-9H2,1H3,(H,15,18). The number of nitrogens with one attached hydrogen (secondary N) is 1. The number of thiophene rings is 1. The number of furan rings is 1. The topological polar surface area (TPSA) is 82.8 Å². The van der Waals surface area contributed by atoms with Crippen molar-refractivity contribution in [3.05, 3.63) is 46.5 Å². The van der Waals surface area contributed by atoms with Crippen molar-refractivity contribution in [3.8, 4) is 0 Å². The van der Waals surface area contributed by atoms with Gasteiger partial charge in [0, 0.05) is 7.05 Å². The van der Waals surface area contributed by atoms with E-state index in [1.807, 2.05) is 0 Å². The quantitative estimate of drug-likeness (QED) is 0.841. The van der Waals surface area contributed by atoms with E-state index in [1.54, 1.807) is 36.7 Å². The average Bonchev–Trinajstić information content (AvgIpc) is 3.16. The molecule has 0 fully saturated rings. The van der Waals surface area contributed by atoms with Crippen LogP contribution in [0.15, 0.2) is 40.3 Å². The van der Waals surface area contributed by atoms with Gasteiger partial charge in [-0.25, -0.2) is 0 Å². The highest BCUT2D eigenvalue weighted by Crippen LogP contribution is 2.13. The first-order valence-corrected chi connectivity index (χ1v) is 7.22. The molecule has 6 nitrogen and oxygen atoms in total. The van der Waals surface area contributed by atoms with E-state index in [1.165, 1.54) is 22.5 Å². The van der Waals surface area contributed by atoms with Crippen LogP contribution in [0.2, 0.25) is 0 Å². The van der Waals surface area contributed by atoms with Crippen LogP contribution in [0.4, 0.5) is 0 Å². The van der Waals surface area contributed by atoms with Crippen molar-refractivity contribution in [3.63, 3.8) is 0 Å². The van der Waals surface area contributed by atoms with Gasteiger partial charge in [-0.1, -0.05) is 6.07 Å². The van der Waals surface area contributed by atoms with Crippen molar-refractivity contribution < 1.29 is 19.1 Å². The second-order valence-electron chi connectivity index (χ2n) is 4.46. The molecule has 0 saturated carbocycles. The Labute approximate surface area is 126 Å². The van der Waals surface area contributed by atoms with Crippen LogP contribution < -0.4 is 5.32 Å². The Morgan fingerprint density at radius 1 is 1.43 bits per heavy atom. The maximum atomic E-state index is 12.0. The van der Waals surface area contributed by atoms with Gasteiger partial charge in [-0.15, -0.1) is 11.3 Å². The summed E-state index contributed by atoms with van der Waals surface area (Å²) < 4.78 is 5.15. The lowest BCUT2D eigenvalue weighted by atomic mass is 10.2. The Morgan fingerprint density at radius 2 is 2.24 bits per heavy atom. The molecule has 2 rings (SSSR count). The number of aliphatic hydroxyl groups excluding tert-OH is 1. The monoisotopic (exact) mass is 308 g/mol. The fraction of sp³-hybridized carbons (Fsp3) is 0.286. The van der Waals surface area contributed by atoms with Gasteiger partial charge in [-0.3, -0.25) is 9.59 Å². The summed E-state index contributed by atoms with van der Waals surface area (Å²) in [5.41, 5.74) is 0. The van der Waals surface area contributed by atoms with Gasteiger partial charge in [0.15, 0.2) is 0 Å². The van der Waals surface area contributed by atoms with E-state index < -0.39 is 6.04 Å². The highest BCUT2D eigenvalue weighted by Gasteiger charge is 2.19. The average molecular weight is 308 g/mol. The van der Waals surface area contributed by atoms with Gasteiger partial charge in [-0.2, -0.15) is 0 Å². The lowest BCUT2D eigenvalue weighted by molar-refractivity contribution is -0.122. The Kier molecular flexibility index (Phi) is 5.13. The Hall–Kier alpha value is -2.12. The minimum absolute atomic E-state index is 0.0893. The number of aliphatic hydroxyl groups is 1. The van der Waals surface area contributed by atoms with E-state index >= 15 is 0 Å². The molecule has 2 amide bonds. The highest BCUT2D eigenvalue weighted by atomic mass is 32.1. The van der Waals surface area contributed by atoms with Gasteiger partial charge >= 0.3 is 0 Å².